The van der Waals surface area contributed by atoms with Crippen LogP contribution in [-0.2, 0) is 4.79 Å². The summed E-state index contributed by atoms with van der Waals surface area (Å²) in [6.45, 7) is 7.86. The number of anilines is 2. The van der Waals surface area contributed by atoms with Gasteiger partial charge in [-0.1, -0.05) is 12.1 Å². The van der Waals surface area contributed by atoms with Crippen molar-refractivity contribution in [2.24, 2.45) is 0 Å². The number of hydrogen-bond acceptors (Lipinski definition) is 4. The molecular weight excluding hydrogens is 344 g/mol. The van der Waals surface area contributed by atoms with E-state index in [1.807, 2.05) is 32.0 Å². The fourth-order valence-electron chi connectivity index (χ4n) is 3.35. The Bertz CT molecular complexity index is 828. The Hall–Kier alpha value is -2.93. The monoisotopic (exact) mass is 369 g/mol. The minimum Gasteiger partial charge on any atom is -0.360 e. The Morgan fingerprint density at radius 2 is 1.81 bits per heavy atom. The second-order valence-corrected chi connectivity index (χ2v) is 6.98. The first kappa shape index (κ1) is 18.8. The average molecular weight is 369 g/mol. The van der Waals surface area contributed by atoms with Gasteiger partial charge in [-0.25, -0.2) is 0 Å². The molecule has 1 aliphatic rings. The van der Waals surface area contributed by atoms with E-state index in [4.69, 9.17) is 0 Å². The maximum absolute atomic E-state index is 12.4. The first-order chi connectivity index (χ1) is 12.9. The van der Waals surface area contributed by atoms with E-state index in [2.05, 4.69) is 10.2 Å². The van der Waals surface area contributed by atoms with Gasteiger partial charge in [-0.05, 0) is 43.2 Å². The second kappa shape index (κ2) is 8.18. The zero-order valence-electron chi connectivity index (χ0n) is 15.7. The lowest BCUT2D eigenvalue weighted by Gasteiger charge is -2.33. The molecule has 1 amide bonds. The van der Waals surface area contributed by atoms with Crippen LogP contribution in [0.3, 0.4) is 0 Å². The number of quaternary nitrogens is 1. The van der Waals surface area contributed by atoms with E-state index in [9.17, 15) is 14.9 Å². The minimum atomic E-state index is -0.388. The van der Waals surface area contributed by atoms with Gasteiger partial charge in [0.1, 0.15) is 0 Å². The molecule has 0 unspecified atom stereocenters. The molecule has 2 N–H and O–H groups in total. The first-order valence-corrected chi connectivity index (χ1v) is 9.13. The normalized spacial score (nSPS) is 14.8. The zero-order valence-corrected chi connectivity index (χ0v) is 15.7. The van der Waals surface area contributed by atoms with E-state index >= 15 is 0 Å². The highest BCUT2D eigenvalue weighted by molar-refractivity contribution is 5.92. The Labute approximate surface area is 158 Å². The maximum Gasteiger partial charge on any atom is 0.279 e. The highest BCUT2D eigenvalue weighted by Crippen LogP contribution is 2.19. The first-order valence-electron chi connectivity index (χ1n) is 9.13. The molecule has 7 nitrogen and oxygen atoms in total. The molecule has 0 saturated carbocycles. The lowest BCUT2D eigenvalue weighted by molar-refractivity contribution is -0.892. The molecule has 1 aliphatic heterocycles. The zero-order chi connectivity index (χ0) is 19.4. The van der Waals surface area contributed by atoms with Crippen LogP contribution in [0.2, 0.25) is 0 Å². The van der Waals surface area contributed by atoms with E-state index in [1.54, 1.807) is 12.1 Å². The van der Waals surface area contributed by atoms with Crippen molar-refractivity contribution in [2.75, 3.05) is 42.9 Å². The fourth-order valence-corrected chi connectivity index (χ4v) is 3.35. The van der Waals surface area contributed by atoms with Crippen molar-refractivity contribution >= 4 is 23.0 Å². The third kappa shape index (κ3) is 4.62. The summed E-state index contributed by atoms with van der Waals surface area (Å²) in [5.74, 6) is 0.0301. The standard InChI is InChI=1S/C20H24N4O3/c1-15-4-3-5-19(16(15)2)21-20(25)14-22-10-12-23(13-11-22)17-6-8-18(9-7-17)24(26)27/h3-9H,10-14H2,1-2H3,(H,21,25)/p+1. The van der Waals surface area contributed by atoms with Crippen LogP contribution in [0.4, 0.5) is 17.1 Å². The van der Waals surface area contributed by atoms with E-state index in [-0.39, 0.29) is 16.5 Å². The summed E-state index contributed by atoms with van der Waals surface area (Å²) in [5.41, 5.74) is 4.23. The number of piperazine rings is 1. The van der Waals surface area contributed by atoms with Crippen molar-refractivity contribution in [1.29, 1.82) is 0 Å². The molecule has 1 saturated heterocycles. The van der Waals surface area contributed by atoms with Gasteiger partial charge >= 0.3 is 0 Å². The van der Waals surface area contributed by atoms with Gasteiger partial charge in [0.25, 0.3) is 11.6 Å². The van der Waals surface area contributed by atoms with Crippen molar-refractivity contribution < 1.29 is 14.6 Å². The van der Waals surface area contributed by atoms with Crippen LogP contribution in [0.5, 0.6) is 0 Å². The van der Waals surface area contributed by atoms with Crippen molar-refractivity contribution in [2.45, 2.75) is 13.8 Å². The van der Waals surface area contributed by atoms with Crippen LogP contribution in [0.25, 0.3) is 0 Å². The number of carbonyl (C=O) groups excluding carboxylic acids is 1. The number of non-ortho nitro benzene ring substituents is 1. The number of amides is 1. The van der Waals surface area contributed by atoms with Gasteiger partial charge in [0, 0.05) is 23.5 Å². The summed E-state index contributed by atoms with van der Waals surface area (Å²) >= 11 is 0. The van der Waals surface area contributed by atoms with Crippen molar-refractivity contribution in [1.82, 2.24) is 0 Å². The van der Waals surface area contributed by atoms with E-state index in [0.717, 1.165) is 48.7 Å². The number of carbonyl (C=O) groups is 1. The molecule has 0 aromatic heterocycles. The molecule has 3 rings (SSSR count). The van der Waals surface area contributed by atoms with Gasteiger partial charge in [0.15, 0.2) is 6.54 Å². The van der Waals surface area contributed by atoms with Crippen LogP contribution >= 0.6 is 0 Å². The third-order valence-corrected chi connectivity index (χ3v) is 5.19. The van der Waals surface area contributed by atoms with Gasteiger partial charge in [-0.2, -0.15) is 0 Å². The van der Waals surface area contributed by atoms with E-state index in [1.165, 1.54) is 17.0 Å². The highest BCUT2D eigenvalue weighted by atomic mass is 16.6. The Balaban J connectivity index is 1.51. The molecule has 1 fully saturated rings. The Morgan fingerprint density at radius 3 is 2.44 bits per heavy atom. The predicted octanol–water partition coefficient (Wildman–Crippen LogP) is 1.56. The summed E-state index contributed by atoms with van der Waals surface area (Å²) in [7, 11) is 0. The van der Waals surface area contributed by atoms with Gasteiger partial charge < -0.3 is 15.1 Å². The summed E-state index contributed by atoms with van der Waals surface area (Å²) < 4.78 is 0. The SMILES string of the molecule is Cc1cccc(NC(=O)C[NH+]2CCN(c3ccc([N+](=O)[O-])cc3)CC2)c1C. The number of rotatable bonds is 5. The van der Waals surface area contributed by atoms with E-state index in [0.29, 0.717) is 6.54 Å². The number of nitro groups is 1. The lowest BCUT2D eigenvalue weighted by atomic mass is 10.1. The molecule has 1 heterocycles. The summed E-state index contributed by atoms with van der Waals surface area (Å²) in [5, 5.41) is 13.8. The van der Waals surface area contributed by atoms with Crippen LogP contribution in [0.1, 0.15) is 11.1 Å². The predicted molar refractivity (Wildman–Crippen MR) is 105 cm³/mol. The summed E-state index contributed by atoms with van der Waals surface area (Å²) in [6.07, 6.45) is 0. The molecule has 0 spiro atoms. The molecule has 0 aliphatic carbocycles. The molecule has 2 aromatic carbocycles. The molecule has 0 radical (unpaired) electrons. The van der Waals surface area contributed by atoms with Gasteiger partial charge in [0.05, 0.1) is 31.1 Å². The molecule has 0 bridgehead atoms. The molecule has 142 valence electrons. The fraction of sp³-hybridized carbons (Fsp3) is 0.350. The minimum absolute atomic E-state index is 0.0301. The number of nitrogens with zero attached hydrogens (tertiary/aromatic N) is 2. The molecular formula is C20H25N4O3+. The van der Waals surface area contributed by atoms with Gasteiger partial charge in [-0.15, -0.1) is 0 Å². The highest BCUT2D eigenvalue weighted by Gasteiger charge is 2.23. The smallest absolute Gasteiger partial charge is 0.279 e. The lowest BCUT2D eigenvalue weighted by Crippen LogP contribution is -3.15. The molecule has 7 heteroatoms. The maximum atomic E-state index is 12.4. The van der Waals surface area contributed by atoms with Crippen LogP contribution in [-0.4, -0.2) is 43.6 Å². The van der Waals surface area contributed by atoms with Crippen molar-refractivity contribution in [3.05, 3.63) is 63.7 Å². The van der Waals surface area contributed by atoms with Crippen LogP contribution in [0, 0.1) is 24.0 Å². The van der Waals surface area contributed by atoms with Crippen molar-refractivity contribution in [3.63, 3.8) is 0 Å². The average Bonchev–Trinajstić information content (AvgIpc) is 2.66. The number of aryl methyl sites for hydroxylation is 1. The molecule has 2 aromatic rings. The summed E-state index contributed by atoms with van der Waals surface area (Å²) in [4.78, 5) is 26.2. The Morgan fingerprint density at radius 1 is 1.15 bits per heavy atom. The number of benzene rings is 2. The van der Waals surface area contributed by atoms with Crippen molar-refractivity contribution in [3.8, 4) is 0 Å². The molecule has 27 heavy (non-hydrogen) atoms. The number of hydrogen-bond donors (Lipinski definition) is 2. The number of nitro benzene ring substituents is 1. The topological polar surface area (TPSA) is 79.9 Å². The summed E-state index contributed by atoms with van der Waals surface area (Å²) in [6, 6.07) is 12.6. The van der Waals surface area contributed by atoms with Crippen LogP contribution < -0.4 is 15.1 Å². The number of nitrogens with one attached hydrogen (secondary N) is 2. The second-order valence-electron chi connectivity index (χ2n) is 6.98. The van der Waals surface area contributed by atoms with E-state index < -0.39 is 0 Å². The molecule has 0 atom stereocenters. The van der Waals surface area contributed by atoms with Gasteiger partial charge in [-0.3, -0.25) is 14.9 Å². The largest absolute Gasteiger partial charge is 0.360 e. The quantitative estimate of drug-likeness (QED) is 0.619. The van der Waals surface area contributed by atoms with Gasteiger partial charge in [0.2, 0.25) is 0 Å². The third-order valence-electron chi connectivity index (χ3n) is 5.19. The Kier molecular flexibility index (Phi) is 5.71. The van der Waals surface area contributed by atoms with Crippen LogP contribution in [0.15, 0.2) is 42.5 Å².